The Bertz CT molecular complexity index is 754. The number of hydrogen-bond donors (Lipinski definition) is 0. The summed E-state index contributed by atoms with van der Waals surface area (Å²) in [7, 11) is -3.54. The predicted octanol–water partition coefficient (Wildman–Crippen LogP) is 5.86. The average Bonchev–Trinajstić information content (AvgIpc) is 2.54. The van der Waals surface area contributed by atoms with Crippen LogP contribution in [0.5, 0.6) is 0 Å². The zero-order chi connectivity index (χ0) is 18.9. The molecule has 1 aromatic carbocycles. The molecule has 0 radical (unpaired) electrons. The van der Waals surface area contributed by atoms with Crippen molar-refractivity contribution in [2.75, 3.05) is 19.6 Å². The Morgan fingerprint density at radius 1 is 1.08 bits per heavy atom. The Labute approximate surface area is 171 Å². The van der Waals surface area contributed by atoms with E-state index in [1.807, 2.05) is 0 Å². The lowest BCUT2D eigenvalue weighted by Gasteiger charge is -2.42. The van der Waals surface area contributed by atoms with Crippen molar-refractivity contribution in [1.82, 2.24) is 4.90 Å². The molecule has 3 rings (SSSR count). The van der Waals surface area contributed by atoms with E-state index < -0.39 is 14.6 Å². The molecule has 3 nitrogen and oxygen atoms in total. The molecule has 2 aliphatic rings. The Morgan fingerprint density at radius 2 is 1.69 bits per heavy atom. The first-order valence-electron chi connectivity index (χ1n) is 9.37. The smallest absolute Gasteiger partial charge is 0.185 e. The van der Waals surface area contributed by atoms with Crippen molar-refractivity contribution in [3.05, 3.63) is 27.2 Å². The zero-order valence-electron chi connectivity index (χ0n) is 15.1. The molecule has 0 N–H and O–H groups in total. The quantitative estimate of drug-likeness (QED) is 0.522. The van der Waals surface area contributed by atoms with E-state index in [-0.39, 0.29) is 20.0 Å². The van der Waals surface area contributed by atoms with E-state index in [0.717, 1.165) is 38.4 Å². The van der Waals surface area contributed by atoms with Crippen LogP contribution >= 0.6 is 34.8 Å². The van der Waals surface area contributed by atoms with Gasteiger partial charge in [0.05, 0.1) is 24.7 Å². The molecule has 1 aliphatic carbocycles. The van der Waals surface area contributed by atoms with Gasteiger partial charge in [-0.1, -0.05) is 48.1 Å². The Kier molecular flexibility index (Phi) is 6.51. The van der Waals surface area contributed by atoms with Gasteiger partial charge in [0.2, 0.25) is 0 Å². The molecular weight excluding hydrogens is 413 g/mol. The maximum Gasteiger partial charge on any atom is 0.185 e. The number of halogens is 3. The molecule has 1 heterocycles. The van der Waals surface area contributed by atoms with E-state index in [1.54, 1.807) is 0 Å². The Hall–Kier alpha value is -0.000000000000000111. The van der Waals surface area contributed by atoms with Crippen LogP contribution in [0.1, 0.15) is 51.9 Å². The fraction of sp³-hybridized carbons (Fsp3) is 0.684. The first-order valence-corrected chi connectivity index (χ1v) is 12.0. The van der Waals surface area contributed by atoms with Gasteiger partial charge >= 0.3 is 0 Å². The normalized spacial score (nSPS) is 21.5. The van der Waals surface area contributed by atoms with E-state index in [2.05, 4.69) is 11.8 Å². The number of piperidine rings is 1. The summed E-state index contributed by atoms with van der Waals surface area (Å²) >= 11 is 18.2. The minimum absolute atomic E-state index is 0.125. The van der Waals surface area contributed by atoms with Gasteiger partial charge in [0, 0.05) is 0 Å². The molecule has 1 aromatic rings. The van der Waals surface area contributed by atoms with Crippen molar-refractivity contribution in [2.45, 2.75) is 61.5 Å². The van der Waals surface area contributed by atoms with Gasteiger partial charge < -0.3 is 4.90 Å². The first-order chi connectivity index (χ1) is 12.2. The fourth-order valence-corrected chi connectivity index (χ4v) is 7.29. The van der Waals surface area contributed by atoms with E-state index in [1.165, 1.54) is 25.0 Å². The highest BCUT2D eigenvalue weighted by Crippen LogP contribution is 2.48. The van der Waals surface area contributed by atoms with E-state index in [0.29, 0.717) is 19.3 Å². The van der Waals surface area contributed by atoms with Crippen molar-refractivity contribution in [3.8, 4) is 0 Å². The lowest BCUT2D eigenvalue weighted by molar-refractivity contribution is 0.182. The van der Waals surface area contributed by atoms with Crippen LogP contribution in [0.2, 0.25) is 15.1 Å². The number of benzene rings is 1. The summed E-state index contributed by atoms with van der Waals surface area (Å²) < 4.78 is 26.0. The minimum atomic E-state index is -3.54. The van der Waals surface area contributed by atoms with Gasteiger partial charge in [0.25, 0.3) is 0 Å². The SMILES string of the molecule is CC1CCN(CCCC2(S(=O)(=O)c3cc(Cl)c(Cl)cc3Cl)CCC2)CC1. The van der Waals surface area contributed by atoms with Gasteiger partial charge in [0.1, 0.15) is 0 Å². The van der Waals surface area contributed by atoms with E-state index in [9.17, 15) is 8.42 Å². The van der Waals surface area contributed by atoms with Crippen LogP contribution in [0.4, 0.5) is 0 Å². The second-order valence-corrected chi connectivity index (χ2v) is 11.4. The molecule has 146 valence electrons. The van der Waals surface area contributed by atoms with Gasteiger partial charge in [-0.15, -0.1) is 0 Å². The standard InChI is InChI=1S/C19H26Cl3NO2S/c1-14-4-10-23(11-5-14)9-3-8-19(6-2-7-19)26(24,25)18-13-16(21)15(20)12-17(18)22/h12-14H,2-11H2,1H3. The summed E-state index contributed by atoms with van der Waals surface area (Å²) in [6.07, 6.45) is 6.39. The molecule has 0 atom stereocenters. The predicted molar refractivity (Wildman–Crippen MR) is 109 cm³/mol. The van der Waals surface area contributed by atoms with Crippen LogP contribution in [0.15, 0.2) is 17.0 Å². The van der Waals surface area contributed by atoms with Gasteiger partial charge in [-0.3, -0.25) is 0 Å². The van der Waals surface area contributed by atoms with E-state index in [4.69, 9.17) is 34.8 Å². The molecule has 0 bridgehead atoms. The van der Waals surface area contributed by atoms with Crippen LogP contribution in [0, 0.1) is 5.92 Å². The molecule has 0 aromatic heterocycles. The van der Waals surface area contributed by atoms with Crippen molar-refractivity contribution in [2.24, 2.45) is 5.92 Å². The molecule has 0 spiro atoms. The van der Waals surface area contributed by atoms with E-state index >= 15 is 0 Å². The number of hydrogen-bond acceptors (Lipinski definition) is 3. The number of rotatable bonds is 6. The topological polar surface area (TPSA) is 37.4 Å². The van der Waals surface area contributed by atoms with Gasteiger partial charge in [-0.2, -0.15) is 0 Å². The maximum absolute atomic E-state index is 13.3. The molecule has 7 heteroatoms. The van der Waals surface area contributed by atoms with Crippen molar-refractivity contribution < 1.29 is 8.42 Å². The molecule has 1 saturated heterocycles. The summed E-state index contributed by atoms with van der Waals surface area (Å²) in [4.78, 5) is 2.59. The van der Waals surface area contributed by atoms with Crippen LogP contribution in [0.3, 0.4) is 0 Å². The molecule has 0 unspecified atom stereocenters. The van der Waals surface area contributed by atoms with Crippen molar-refractivity contribution in [3.63, 3.8) is 0 Å². The minimum Gasteiger partial charge on any atom is -0.303 e. The van der Waals surface area contributed by atoms with Crippen LogP contribution in [0.25, 0.3) is 0 Å². The van der Waals surface area contributed by atoms with Gasteiger partial charge in [0.15, 0.2) is 9.84 Å². The second-order valence-electron chi connectivity index (χ2n) is 7.86. The lowest BCUT2D eigenvalue weighted by atomic mass is 9.81. The number of nitrogens with zero attached hydrogens (tertiary/aromatic N) is 1. The zero-order valence-corrected chi connectivity index (χ0v) is 18.2. The fourth-order valence-electron chi connectivity index (χ4n) is 4.08. The summed E-state index contributed by atoms with van der Waals surface area (Å²) in [5.74, 6) is 0.807. The molecule has 0 amide bonds. The molecular formula is C19H26Cl3NO2S. The highest BCUT2D eigenvalue weighted by molar-refractivity contribution is 7.93. The van der Waals surface area contributed by atoms with Crippen LogP contribution < -0.4 is 0 Å². The highest BCUT2D eigenvalue weighted by atomic mass is 35.5. The summed E-state index contributed by atoms with van der Waals surface area (Å²) in [6.45, 7) is 5.52. The first kappa shape index (κ1) is 20.7. The molecule has 1 saturated carbocycles. The number of likely N-dealkylation sites (tertiary alicyclic amines) is 1. The van der Waals surface area contributed by atoms with Gasteiger partial charge in [-0.05, 0) is 76.2 Å². The third-order valence-electron chi connectivity index (χ3n) is 6.08. The summed E-state index contributed by atoms with van der Waals surface area (Å²) in [5, 5.41) is 0.667. The number of sulfone groups is 1. The second kappa shape index (κ2) is 8.16. The highest BCUT2D eigenvalue weighted by Gasteiger charge is 2.49. The maximum atomic E-state index is 13.3. The Balaban J connectivity index is 1.71. The average molecular weight is 439 g/mol. The summed E-state index contributed by atoms with van der Waals surface area (Å²) in [5.41, 5.74) is 0. The molecule has 26 heavy (non-hydrogen) atoms. The third kappa shape index (κ3) is 4.05. The Morgan fingerprint density at radius 3 is 2.27 bits per heavy atom. The monoisotopic (exact) mass is 437 g/mol. The van der Waals surface area contributed by atoms with Crippen molar-refractivity contribution in [1.29, 1.82) is 0 Å². The third-order valence-corrected chi connectivity index (χ3v) is 9.90. The molecule has 1 aliphatic heterocycles. The van der Waals surface area contributed by atoms with Crippen LogP contribution in [-0.4, -0.2) is 37.7 Å². The largest absolute Gasteiger partial charge is 0.303 e. The van der Waals surface area contributed by atoms with Crippen molar-refractivity contribution >= 4 is 44.6 Å². The molecule has 2 fully saturated rings. The van der Waals surface area contributed by atoms with Gasteiger partial charge in [-0.25, -0.2) is 8.42 Å². The lowest BCUT2D eigenvalue weighted by Crippen LogP contribution is -2.46. The summed E-state index contributed by atoms with van der Waals surface area (Å²) in [6, 6.07) is 2.84. The van der Waals surface area contributed by atoms with Crippen LogP contribution in [-0.2, 0) is 9.84 Å².